The Morgan fingerprint density at radius 1 is 0.875 bits per heavy atom. The standard InChI is InChI=1S/C21H20O3/c1-3-15-23-19-10-5-17(6-11-19)7-14-21(22)18-8-12-20(13-9-18)24-16-4-2/h3-6,8-13,21-22H,1-2,15-16H2. The Balaban J connectivity index is 1.98. The third kappa shape index (κ3) is 5.35. The van der Waals surface area contributed by atoms with E-state index in [4.69, 9.17) is 9.47 Å². The molecule has 1 N–H and O–H groups in total. The molecule has 0 saturated heterocycles. The monoisotopic (exact) mass is 320 g/mol. The summed E-state index contributed by atoms with van der Waals surface area (Å²) in [6, 6.07) is 14.6. The summed E-state index contributed by atoms with van der Waals surface area (Å²) in [5, 5.41) is 10.2. The van der Waals surface area contributed by atoms with Crippen molar-refractivity contribution in [3.05, 3.63) is 85.0 Å². The number of ether oxygens (including phenoxy) is 2. The molecule has 1 unspecified atom stereocenters. The zero-order valence-electron chi connectivity index (χ0n) is 13.4. The number of hydrogen-bond donors (Lipinski definition) is 1. The molecule has 0 radical (unpaired) electrons. The molecule has 0 heterocycles. The van der Waals surface area contributed by atoms with Crippen LogP contribution in [0.2, 0.25) is 0 Å². The maximum absolute atomic E-state index is 10.2. The molecule has 2 rings (SSSR count). The van der Waals surface area contributed by atoms with Crippen molar-refractivity contribution in [1.82, 2.24) is 0 Å². The predicted molar refractivity (Wildman–Crippen MR) is 96.1 cm³/mol. The average molecular weight is 320 g/mol. The van der Waals surface area contributed by atoms with Crippen molar-refractivity contribution in [3.63, 3.8) is 0 Å². The second-order valence-corrected chi connectivity index (χ2v) is 4.96. The first-order valence-electron chi connectivity index (χ1n) is 7.60. The molecule has 1 atom stereocenters. The van der Waals surface area contributed by atoms with Gasteiger partial charge in [-0.2, -0.15) is 0 Å². The van der Waals surface area contributed by atoms with Gasteiger partial charge in [0, 0.05) is 5.56 Å². The molecule has 0 amide bonds. The molecule has 3 heteroatoms. The Labute approximate surface area is 142 Å². The van der Waals surface area contributed by atoms with Gasteiger partial charge < -0.3 is 14.6 Å². The fourth-order valence-corrected chi connectivity index (χ4v) is 1.93. The van der Waals surface area contributed by atoms with Gasteiger partial charge in [-0.25, -0.2) is 0 Å². The Hall–Kier alpha value is -2.96. The minimum atomic E-state index is -0.852. The van der Waals surface area contributed by atoms with Gasteiger partial charge in [0.15, 0.2) is 0 Å². The van der Waals surface area contributed by atoms with Gasteiger partial charge in [0.2, 0.25) is 0 Å². The first kappa shape index (κ1) is 17.4. The lowest BCUT2D eigenvalue weighted by atomic mass is 10.1. The van der Waals surface area contributed by atoms with E-state index in [0.29, 0.717) is 13.2 Å². The smallest absolute Gasteiger partial charge is 0.140 e. The summed E-state index contributed by atoms with van der Waals surface area (Å²) < 4.78 is 10.8. The average Bonchev–Trinajstić information content (AvgIpc) is 2.64. The Kier molecular flexibility index (Phi) is 6.70. The molecular weight excluding hydrogens is 300 g/mol. The molecule has 0 bridgehead atoms. The van der Waals surface area contributed by atoms with Crippen LogP contribution >= 0.6 is 0 Å². The molecular formula is C21H20O3. The zero-order valence-corrected chi connectivity index (χ0v) is 13.4. The number of aliphatic hydroxyl groups excluding tert-OH is 1. The molecule has 2 aromatic rings. The summed E-state index contributed by atoms with van der Waals surface area (Å²) >= 11 is 0. The van der Waals surface area contributed by atoms with Gasteiger partial charge in [-0.15, -0.1) is 0 Å². The topological polar surface area (TPSA) is 38.7 Å². The van der Waals surface area contributed by atoms with Crippen LogP contribution in [0, 0.1) is 11.8 Å². The first-order chi connectivity index (χ1) is 11.7. The maximum atomic E-state index is 10.2. The van der Waals surface area contributed by atoms with E-state index >= 15 is 0 Å². The highest BCUT2D eigenvalue weighted by Gasteiger charge is 2.03. The van der Waals surface area contributed by atoms with Crippen molar-refractivity contribution in [1.29, 1.82) is 0 Å². The highest BCUT2D eigenvalue weighted by atomic mass is 16.5. The van der Waals surface area contributed by atoms with Gasteiger partial charge in [0.25, 0.3) is 0 Å². The van der Waals surface area contributed by atoms with E-state index in [9.17, 15) is 5.11 Å². The van der Waals surface area contributed by atoms with Gasteiger partial charge in [0.05, 0.1) is 0 Å². The first-order valence-corrected chi connectivity index (χ1v) is 7.60. The van der Waals surface area contributed by atoms with Crippen LogP contribution in [-0.4, -0.2) is 18.3 Å². The van der Waals surface area contributed by atoms with Gasteiger partial charge in [-0.05, 0) is 42.0 Å². The van der Waals surface area contributed by atoms with Crippen LogP contribution in [0.1, 0.15) is 17.2 Å². The van der Waals surface area contributed by atoms with Crippen molar-refractivity contribution < 1.29 is 14.6 Å². The van der Waals surface area contributed by atoms with Crippen molar-refractivity contribution in [3.8, 4) is 23.3 Å². The summed E-state index contributed by atoms with van der Waals surface area (Å²) in [6.07, 6.45) is 2.52. The molecule has 24 heavy (non-hydrogen) atoms. The maximum Gasteiger partial charge on any atom is 0.140 e. The lowest BCUT2D eigenvalue weighted by Crippen LogP contribution is -1.96. The van der Waals surface area contributed by atoms with Crippen LogP contribution in [0.4, 0.5) is 0 Å². The molecule has 0 aromatic heterocycles. The van der Waals surface area contributed by atoms with Crippen molar-refractivity contribution in [2.24, 2.45) is 0 Å². The predicted octanol–water partition coefficient (Wildman–Crippen LogP) is 3.90. The van der Waals surface area contributed by atoms with E-state index < -0.39 is 6.10 Å². The quantitative estimate of drug-likeness (QED) is 0.621. The van der Waals surface area contributed by atoms with E-state index in [1.54, 1.807) is 36.4 Å². The zero-order chi connectivity index (χ0) is 17.2. The lowest BCUT2D eigenvalue weighted by Gasteiger charge is -2.06. The van der Waals surface area contributed by atoms with Gasteiger partial charge in [0.1, 0.15) is 30.8 Å². The fourth-order valence-electron chi connectivity index (χ4n) is 1.93. The molecule has 0 aliphatic carbocycles. The number of aliphatic hydroxyl groups is 1. The van der Waals surface area contributed by atoms with E-state index in [-0.39, 0.29) is 0 Å². The highest BCUT2D eigenvalue weighted by Crippen LogP contribution is 2.18. The van der Waals surface area contributed by atoms with Crippen molar-refractivity contribution in [2.75, 3.05) is 13.2 Å². The van der Waals surface area contributed by atoms with Gasteiger partial charge >= 0.3 is 0 Å². The summed E-state index contributed by atoms with van der Waals surface area (Å²) in [5.41, 5.74) is 1.53. The normalized spacial score (nSPS) is 10.9. The molecule has 0 aliphatic heterocycles. The lowest BCUT2D eigenvalue weighted by molar-refractivity contribution is 0.238. The number of rotatable bonds is 7. The van der Waals surface area contributed by atoms with E-state index in [2.05, 4.69) is 25.0 Å². The largest absolute Gasteiger partial charge is 0.490 e. The Morgan fingerprint density at radius 2 is 1.38 bits per heavy atom. The van der Waals surface area contributed by atoms with Crippen LogP contribution in [0.3, 0.4) is 0 Å². The molecule has 0 spiro atoms. The third-order valence-electron chi connectivity index (χ3n) is 3.14. The minimum Gasteiger partial charge on any atom is -0.490 e. The van der Waals surface area contributed by atoms with Crippen LogP contribution in [0.15, 0.2) is 73.8 Å². The minimum absolute atomic E-state index is 0.453. The van der Waals surface area contributed by atoms with Crippen LogP contribution in [-0.2, 0) is 0 Å². The van der Waals surface area contributed by atoms with E-state index in [0.717, 1.165) is 22.6 Å². The summed E-state index contributed by atoms with van der Waals surface area (Å²) in [5.74, 6) is 7.28. The summed E-state index contributed by atoms with van der Waals surface area (Å²) in [4.78, 5) is 0. The summed E-state index contributed by atoms with van der Waals surface area (Å²) in [6.45, 7) is 8.12. The second kappa shape index (κ2) is 9.24. The molecule has 3 nitrogen and oxygen atoms in total. The van der Waals surface area contributed by atoms with Crippen molar-refractivity contribution >= 4 is 0 Å². The van der Waals surface area contributed by atoms with E-state index in [1.807, 2.05) is 24.3 Å². The third-order valence-corrected chi connectivity index (χ3v) is 3.14. The second-order valence-electron chi connectivity index (χ2n) is 4.96. The Morgan fingerprint density at radius 3 is 1.88 bits per heavy atom. The molecule has 0 aliphatic rings. The van der Waals surface area contributed by atoms with Crippen LogP contribution in [0.25, 0.3) is 0 Å². The molecule has 0 fully saturated rings. The fraction of sp³-hybridized carbons (Fsp3) is 0.143. The molecule has 0 saturated carbocycles. The summed E-state index contributed by atoms with van der Waals surface area (Å²) in [7, 11) is 0. The van der Waals surface area contributed by atoms with E-state index in [1.165, 1.54) is 0 Å². The van der Waals surface area contributed by atoms with Gasteiger partial charge in [-0.1, -0.05) is 49.3 Å². The highest BCUT2D eigenvalue weighted by molar-refractivity contribution is 5.40. The molecule has 2 aromatic carbocycles. The SMILES string of the molecule is C=CCOc1ccc(C#CC(O)c2ccc(OCC=C)cc2)cc1. The number of benzene rings is 2. The van der Waals surface area contributed by atoms with Crippen LogP contribution in [0.5, 0.6) is 11.5 Å². The molecule has 122 valence electrons. The number of hydrogen-bond acceptors (Lipinski definition) is 3. The van der Waals surface area contributed by atoms with Gasteiger partial charge in [-0.3, -0.25) is 0 Å². The Bertz CT molecular complexity index is 718. The van der Waals surface area contributed by atoms with Crippen LogP contribution < -0.4 is 9.47 Å². The van der Waals surface area contributed by atoms with Crippen molar-refractivity contribution in [2.45, 2.75) is 6.10 Å².